The molecule has 0 saturated heterocycles. The highest BCUT2D eigenvalue weighted by Gasteiger charge is 2.15. The molecule has 0 radical (unpaired) electrons. The van der Waals surface area contributed by atoms with Gasteiger partial charge in [-0.3, -0.25) is 0 Å². The molecule has 0 aliphatic rings. The number of para-hydroxylation sites is 1. The van der Waals surface area contributed by atoms with Crippen molar-refractivity contribution in [3.05, 3.63) is 29.6 Å². The molecular weight excluding hydrogens is 261 g/mol. The van der Waals surface area contributed by atoms with Crippen LogP contribution in [-0.2, 0) is 16.0 Å². The standard InChI is InChI=1S/C15H22FNO3/c1-4-12(17)8-11-6-5-7-13(16)15(11)19-9-14(18)20-10(2)3/h5-7,10,12H,4,8-9,17H2,1-3H3. The Kier molecular flexibility index (Phi) is 6.45. The van der Waals surface area contributed by atoms with Crippen LogP contribution in [0.15, 0.2) is 18.2 Å². The van der Waals surface area contributed by atoms with Crippen molar-refractivity contribution in [1.82, 2.24) is 0 Å². The summed E-state index contributed by atoms with van der Waals surface area (Å²) in [6, 6.07) is 4.58. The first kappa shape index (κ1) is 16.4. The third-order valence-electron chi connectivity index (χ3n) is 2.76. The summed E-state index contributed by atoms with van der Waals surface area (Å²) >= 11 is 0. The first-order valence-electron chi connectivity index (χ1n) is 6.79. The fourth-order valence-electron chi connectivity index (χ4n) is 1.73. The van der Waals surface area contributed by atoms with E-state index in [1.54, 1.807) is 26.0 Å². The van der Waals surface area contributed by atoms with Crippen molar-refractivity contribution in [3.63, 3.8) is 0 Å². The third kappa shape index (κ3) is 5.17. The zero-order valence-electron chi connectivity index (χ0n) is 12.2. The largest absolute Gasteiger partial charge is 0.479 e. The van der Waals surface area contributed by atoms with Gasteiger partial charge in [0.15, 0.2) is 18.2 Å². The van der Waals surface area contributed by atoms with Gasteiger partial charge >= 0.3 is 5.97 Å². The second kappa shape index (κ2) is 7.85. The molecule has 1 atom stereocenters. The Morgan fingerprint density at radius 2 is 2.10 bits per heavy atom. The summed E-state index contributed by atoms with van der Waals surface area (Å²) < 4.78 is 24.0. The molecule has 0 aliphatic heterocycles. The zero-order valence-corrected chi connectivity index (χ0v) is 12.2. The van der Waals surface area contributed by atoms with Crippen LogP contribution in [0.3, 0.4) is 0 Å². The molecule has 1 aromatic carbocycles. The fraction of sp³-hybridized carbons (Fsp3) is 0.533. The van der Waals surface area contributed by atoms with E-state index in [1.165, 1.54) is 6.07 Å². The lowest BCUT2D eigenvalue weighted by Crippen LogP contribution is -2.23. The smallest absolute Gasteiger partial charge is 0.344 e. The van der Waals surface area contributed by atoms with Crippen molar-refractivity contribution < 1.29 is 18.7 Å². The molecule has 20 heavy (non-hydrogen) atoms. The molecule has 0 spiro atoms. The van der Waals surface area contributed by atoms with Gasteiger partial charge in [0.2, 0.25) is 0 Å². The molecule has 4 nitrogen and oxygen atoms in total. The molecule has 5 heteroatoms. The molecule has 0 amide bonds. The quantitative estimate of drug-likeness (QED) is 0.781. The molecule has 112 valence electrons. The van der Waals surface area contributed by atoms with Crippen LogP contribution in [0.4, 0.5) is 4.39 Å². The van der Waals surface area contributed by atoms with E-state index < -0.39 is 11.8 Å². The molecule has 1 unspecified atom stereocenters. The average Bonchev–Trinajstić information content (AvgIpc) is 2.37. The van der Waals surface area contributed by atoms with Crippen LogP contribution in [-0.4, -0.2) is 24.7 Å². The van der Waals surface area contributed by atoms with Crippen LogP contribution in [0.5, 0.6) is 5.75 Å². The monoisotopic (exact) mass is 283 g/mol. The summed E-state index contributed by atoms with van der Waals surface area (Å²) in [6.45, 7) is 5.14. The predicted molar refractivity (Wildman–Crippen MR) is 75.1 cm³/mol. The van der Waals surface area contributed by atoms with E-state index in [0.29, 0.717) is 12.0 Å². The van der Waals surface area contributed by atoms with Crippen LogP contribution in [0.1, 0.15) is 32.8 Å². The Bertz CT molecular complexity index is 449. The van der Waals surface area contributed by atoms with Gasteiger partial charge < -0.3 is 15.2 Å². The molecule has 0 aromatic heterocycles. The predicted octanol–water partition coefficient (Wildman–Crippen LogP) is 2.44. The number of halogens is 1. The summed E-state index contributed by atoms with van der Waals surface area (Å²) in [5, 5.41) is 0. The van der Waals surface area contributed by atoms with E-state index >= 15 is 0 Å². The number of benzene rings is 1. The Hall–Kier alpha value is -1.62. The van der Waals surface area contributed by atoms with E-state index in [4.69, 9.17) is 15.2 Å². The SMILES string of the molecule is CCC(N)Cc1cccc(F)c1OCC(=O)OC(C)C. The molecule has 1 aromatic rings. The number of hydrogen-bond acceptors (Lipinski definition) is 4. The summed E-state index contributed by atoms with van der Waals surface area (Å²) in [6.07, 6.45) is 1.06. The number of carbonyl (C=O) groups excluding carboxylic acids is 1. The van der Waals surface area contributed by atoms with Gasteiger partial charge in [0.25, 0.3) is 0 Å². The van der Waals surface area contributed by atoms with Crippen molar-refractivity contribution in [2.45, 2.75) is 45.8 Å². The molecule has 2 N–H and O–H groups in total. The number of nitrogens with two attached hydrogens (primary N) is 1. The van der Waals surface area contributed by atoms with E-state index in [9.17, 15) is 9.18 Å². The van der Waals surface area contributed by atoms with Gasteiger partial charge in [-0.05, 0) is 38.3 Å². The second-order valence-corrected chi connectivity index (χ2v) is 4.93. The van der Waals surface area contributed by atoms with Crippen LogP contribution >= 0.6 is 0 Å². The van der Waals surface area contributed by atoms with Gasteiger partial charge in [-0.1, -0.05) is 19.1 Å². The molecule has 0 fully saturated rings. The molecular formula is C15H22FNO3. The lowest BCUT2D eigenvalue weighted by atomic mass is 10.0. The Balaban J connectivity index is 2.75. The van der Waals surface area contributed by atoms with Gasteiger partial charge in [-0.25, -0.2) is 9.18 Å². The summed E-state index contributed by atoms with van der Waals surface area (Å²) in [5.74, 6) is -0.936. The van der Waals surface area contributed by atoms with Gasteiger partial charge in [-0.15, -0.1) is 0 Å². The minimum Gasteiger partial charge on any atom is -0.479 e. The maximum absolute atomic E-state index is 13.8. The zero-order chi connectivity index (χ0) is 15.1. The van der Waals surface area contributed by atoms with E-state index in [1.807, 2.05) is 6.92 Å². The van der Waals surface area contributed by atoms with Crippen molar-refractivity contribution in [3.8, 4) is 5.75 Å². The first-order valence-corrected chi connectivity index (χ1v) is 6.79. The number of ether oxygens (including phenoxy) is 2. The van der Waals surface area contributed by atoms with Crippen LogP contribution in [0.2, 0.25) is 0 Å². The average molecular weight is 283 g/mol. The lowest BCUT2D eigenvalue weighted by Gasteiger charge is -2.15. The van der Waals surface area contributed by atoms with Gasteiger partial charge in [-0.2, -0.15) is 0 Å². The van der Waals surface area contributed by atoms with Gasteiger partial charge in [0, 0.05) is 6.04 Å². The van der Waals surface area contributed by atoms with Gasteiger partial charge in [0.1, 0.15) is 0 Å². The molecule has 1 rings (SSSR count). The highest BCUT2D eigenvalue weighted by molar-refractivity contribution is 5.71. The van der Waals surface area contributed by atoms with E-state index in [-0.39, 0.29) is 24.5 Å². The molecule has 0 heterocycles. The lowest BCUT2D eigenvalue weighted by molar-refractivity contribution is -0.149. The minimum atomic E-state index is -0.519. The Morgan fingerprint density at radius 1 is 1.40 bits per heavy atom. The van der Waals surface area contributed by atoms with Crippen molar-refractivity contribution in [1.29, 1.82) is 0 Å². The normalized spacial score (nSPS) is 12.3. The summed E-state index contributed by atoms with van der Waals surface area (Å²) in [4.78, 5) is 11.4. The number of hydrogen-bond donors (Lipinski definition) is 1. The Morgan fingerprint density at radius 3 is 2.70 bits per heavy atom. The molecule has 0 saturated carbocycles. The fourth-order valence-corrected chi connectivity index (χ4v) is 1.73. The summed E-state index contributed by atoms with van der Waals surface area (Å²) in [7, 11) is 0. The first-order chi connectivity index (χ1) is 9.43. The topological polar surface area (TPSA) is 61.5 Å². The molecule has 0 bridgehead atoms. The summed E-state index contributed by atoms with van der Waals surface area (Å²) in [5.41, 5.74) is 6.54. The van der Waals surface area contributed by atoms with Crippen molar-refractivity contribution in [2.24, 2.45) is 5.73 Å². The van der Waals surface area contributed by atoms with Gasteiger partial charge in [0.05, 0.1) is 6.10 Å². The number of rotatable bonds is 7. The van der Waals surface area contributed by atoms with E-state index in [0.717, 1.165) is 6.42 Å². The van der Waals surface area contributed by atoms with Crippen LogP contribution in [0.25, 0.3) is 0 Å². The highest BCUT2D eigenvalue weighted by Crippen LogP contribution is 2.24. The number of carbonyl (C=O) groups is 1. The Labute approximate surface area is 119 Å². The van der Waals surface area contributed by atoms with Crippen LogP contribution in [0, 0.1) is 5.82 Å². The minimum absolute atomic E-state index is 0.0678. The van der Waals surface area contributed by atoms with Crippen LogP contribution < -0.4 is 10.5 Å². The van der Waals surface area contributed by atoms with Crippen molar-refractivity contribution >= 4 is 5.97 Å². The highest BCUT2D eigenvalue weighted by atomic mass is 19.1. The maximum Gasteiger partial charge on any atom is 0.344 e. The maximum atomic E-state index is 13.8. The van der Waals surface area contributed by atoms with Crippen molar-refractivity contribution in [2.75, 3.05) is 6.61 Å². The molecule has 0 aliphatic carbocycles. The second-order valence-electron chi connectivity index (χ2n) is 4.93. The third-order valence-corrected chi connectivity index (χ3v) is 2.76. The van der Waals surface area contributed by atoms with E-state index in [2.05, 4.69) is 0 Å². The number of esters is 1.